The van der Waals surface area contributed by atoms with E-state index in [1.54, 1.807) is 0 Å². The highest BCUT2D eigenvalue weighted by molar-refractivity contribution is 6.29. The quantitative estimate of drug-likeness (QED) is 0.824. The zero-order valence-electron chi connectivity index (χ0n) is 10.3. The molecule has 0 bridgehead atoms. The summed E-state index contributed by atoms with van der Waals surface area (Å²) in [6.07, 6.45) is -2.60. The molecule has 0 aliphatic heterocycles. The van der Waals surface area contributed by atoms with E-state index in [9.17, 15) is 13.2 Å². The minimum atomic E-state index is -4.46. The van der Waals surface area contributed by atoms with E-state index in [-0.39, 0.29) is 5.15 Å². The molecule has 1 rings (SSSR count). The van der Waals surface area contributed by atoms with Crippen LogP contribution in [0.2, 0.25) is 5.15 Å². The van der Waals surface area contributed by atoms with Gasteiger partial charge < -0.3 is 5.32 Å². The third-order valence-corrected chi connectivity index (χ3v) is 2.92. The van der Waals surface area contributed by atoms with Crippen LogP contribution >= 0.6 is 11.6 Å². The van der Waals surface area contributed by atoms with Crippen LogP contribution in [0.15, 0.2) is 12.1 Å². The molecular weight excluding hydrogens is 265 g/mol. The molecule has 1 aromatic heterocycles. The fraction of sp³-hybridized carbons (Fsp3) is 0.583. The van der Waals surface area contributed by atoms with Crippen molar-refractivity contribution in [2.24, 2.45) is 0 Å². The molecule has 1 aromatic rings. The Labute approximate surface area is 110 Å². The third kappa shape index (κ3) is 4.46. The number of alkyl halides is 3. The van der Waals surface area contributed by atoms with Crippen LogP contribution in [-0.2, 0) is 12.7 Å². The number of nitrogens with zero attached hydrogens (tertiary/aromatic N) is 1. The summed E-state index contributed by atoms with van der Waals surface area (Å²) >= 11 is 5.60. The van der Waals surface area contributed by atoms with E-state index in [1.165, 1.54) is 6.07 Å². The Morgan fingerprint density at radius 2 is 1.89 bits per heavy atom. The fourth-order valence-electron chi connectivity index (χ4n) is 1.64. The second-order valence-corrected chi connectivity index (χ2v) is 4.46. The molecule has 0 fully saturated rings. The highest BCUT2D eigenvalue weighted by Crippen LogP contribution is 2.29. The van der Waals surface area contributed by atoms with Crippen LogP contribution in [0.5, 0.6) is 0 Å². The molecule has 2 nitrogen and oxygen atoms in total. The van der Waals surface area contributed by atoms with Crippen molar-refractivity contribution in [1.82, 2.24) is 10.3 Å². The van der Waals surface area contributed by atoms with Crippen LogP contribution < -0.4 is 5.32 Å². The largest absolute Gasteiger partial charge is 0.433 e. The number of hydrogen-bond acceptors (Lipinski definition) is 2. The molecule has 102 valence electrons. The summed E-state index contributed by atoms with van der Waals surface area (Å²) in [7, 11) is 0. The Morgan fingerprint density at radius 1 is 1.28 bits per heavy atom. The Balaban J connectivity index is 2.81. The summed E-state index contributed by atoms with van der Waals surface area (Å²) in [6.45, 7) is 4.42. The van der Waals surface area contributed by atoms with E-state index in [2.05, 4.69) is 10.3 Å². The van der Waals surface area contributed by atoms with Crippen LogP contribution in [0.25, 0.3) is 0 Å². The Morgan fingerprint density at radius 3 is 2.39 bits per heavy atom. The van der Waals surface area contributed by atoms with E-state index in [4.69, 9.17) is 11.6 Å². The molecule has 0 saturated heterocycles. The summed E-state index contributed by atoms with van der Waals surface area (Å²) in [4.78, 5) is 3.29. The Kier molecular flexibility index (Phi) is 5.41. The van der Waals surface area contributed by atoms with Gasteiger partial charge in [-0.25, -0.2) is 4.98 Å². The van der Waals surface area contributed by atoms with Crippen molar-refractivity contribution in [1.29, 1.82) is 0 Å². The topological polar surface area (TPSA) is 24.9 Å². The van der Waals surface area contributed by atoms with Crippen LogP contribution in [0.3, 0.4) is 0 Å². The van der Waals surface area contributed by atoms with Crippen LogP contribution in [0, 0.1) is 0 Å². The second kappa shape index (κ2) is 6.38. The van der Waals surface area contributed by atoms with Crippen molar-refractivity contribution < 1.29 is 13.2 Å². The molecule has 1 heterocycles. The molecule has 18 heavy (non-hydrogen) atoms. The zero-order chi connectivity index (χ0) is 13.8. The molecule has 0 spiro atoms. The maximum absolute atomic E-state index is 12.5. The van der Waals surface area contributed by atoms with E-state index >= 15 is 0 Å². The normalized spacial score (nSPS) is 12.2. The van der Waals surface area contributed by atoms with Crippen molar-refractivity contribution in [3.8, 4) is 0 Å². The molecular formula is C12H16ClF3N2. The van der Waals surface area contributed by atoms with Crippen molar-refractivity contribution in [3.63, 3.8) is 0 Å². The minimum Gasteiger partial charge on any atom is -0.310 e. The molecule has 0 unspecified atom stereocenters. The second-order valence-electron chi connectivity index (χ2n) is 4.08. The van der Waals surface area contributed by atoms with Crippen LogP contribution in [-0.4, -0.2) is 11.0 Å². The maximum atomic E-state index is 12.5. The highest BCUT2D eigenvalue weighted by atomic mass is 35.5. The van der Waals surface area contributed by atoms with Gasteiger partial charge in [0.15, 0.2) is 0 Å². The number of rotatable bonds is 5. The van der Waals surface area contributed by atoms with Gasteiger partial charge >= 0.3 is 6.18 Å². The fourth-order valence-corrected chi connectivity index (χ4v) is 1.87. The predicted molar refractivity (Wildman–Crippen MR) is 65.5 cm³/mol. The van der Waals surface area contributed by atoms with Crippen molar-refractivity contribution in [2.45, 2.75) is 45.5 Å². The summed E-state index contributed by atoms with van der Waals surface area (Å²) in [5, 5.41) is 3.05. The molecule has 0 saturated carbocycles. The third-order valence-electron chi connectivity index (χ3n) is 2.72. The molecule has 0 aliphatic rings. The van der Waals surface area contributed by atoms with Gasteiger partial charge in [0.2, 0.25) is 0 Å². The lowest BCUT2D eigenvalue weighted by Gasteiger charge is -2.15. The van der Waals surface area contributed by atoms with Crippen LogP contribution in [0.4, 0.5) is 13.2 Å². The van der Waals surface area contributed by atoms with Gasteiger partial charge in [0.1, 0.15) is 10.8 Å². The van der Waals surface area contributed by atoms with Gasteiger partial charge in [0.05, 0.1) is 0 Å². The first kappa shape index (κ1) is 15.2. The zero-order valence-corrected chi connectivity index (χ0v) is 11.1. The molecule has 6 heteroatoms. The minimum absolute atomic E-state index is 0.133. The molecule has 0 aromatic carbocycles. The Bertz CT molecular complexity index is 389. The van der Waals surface area contributed by atoms with Crippen molar-refractivity contribution in [2.75, 3.05) is 0 Å². The summed E-state index contributed by atoms with van der Waals surface area (Å²) in [6, 6.07) is 2.78. The van der Waals surface area contributed by atoms with Gasteiger partial charge in [-0.2, -0.15) is 13.2 Å². The van der Waals surface area contributed by atoms with Crippen molar-refractivity contribution in [3.05, 3.63) is 28.5 Å². The highest BCUT2D eigenvalue weighted by Gasteiger charge is 2.33. The first-order valence-electron chi connectivity index (χ1n) is 5.83. The molecule has 0 radical (unpaired) electrons. The smallest absolute Gasteiger partial charge is 0.310 e. The summed E-state index contributed by atoms with van der Waals surface area (Å²) in [5.74, 6) is 0. The maximum Gasteiger partial charge on any atom is 0.433 e. The van der Waals surface area contributed by atoms with Gasteiger partial charge in [-0.15, -0.1) is 0 Å². The van der Waals surface area contributed by atoms with Gasteiger partial charge in [0.25, 0.3) is 0 Å². The lowest BCUT2D eigenvalue weighted by Crippen LogP contribution is -2.27. The lowest BCUT2D eigenvalue weighted by molar-refractivity contribution is -0.141. The van der Waals surface area contributed by atoms with Gasteiger partial charge in [-0.1, -0.05) is 25.4 Å². The van der Waals surface area contributed by atoms with Crippen LogP contribution in [0.1, 0.15) is 37.9 Å². The Hall–Kier alpha value is -0.810. The standard InChI is InChI=1S/C12H16ClF3N2/c1-3-9(4-2)17-7-8-5-10(12(14,15)16)18-11(13)6-8/h5-6,9,17H,3-4,7H2,1-2H3. The molecule has 0 atom stereocenters. The first-order valence-corrected chi connectivity index (χ1v) is 6.21. The summed E-state index contributed by atoms with van der Waals surface area (Å²) < 4.78 is 37.6. The van der Waals surface area contributed by atoms with E-state index in [1.807, 2.05) is 13.8 Å². The molecule has 1 N–H and O–H groups in total. The average molecular weight is 281 g/mol. The molecule has 0 amide bonds. The van der Waals surface area contributed by atoms with Crippen molar-refractivity contribution >= 4 is 11.6 Å². The van der Waals surface area contributed by atoms with E-state index in [0.717, 1.165) is 18.9 Å². The number of pyridine rings is 1. The number of hydrogen-bond donors (Lipinski definition) is 1. The lowest BCUT2D eigenvalue weighted by atomic mass is 10.1. The van der Waals surface area contributed by atoms with Gasteiger partial charge in [-0.05, 0) is 30.5 Å². The van der Waals surface area contributed by atoms with Gasteiger partial charge in [0, 0.05) is 12.6 Å². The molecule has 0 aliphatic carbocycles. The number of halogens is 4. The SMILES string of the molecule is CCC(CC)NCc1cc(Cl)nc(C(F)(F)F)c1. The monoisotopic (exact) mass is 280 g/mol. The summed E-state index contributed by atoms with van der Waals surface area (Å²) in [5.41, 5.74) is -0.453. The number of aromatic nitrogens is 1. The van der Waals surface area contributed by atoms with Gasteiger partial charge in [-0.3, -0.25) is 0 Å². The first-order chi connectivity index (χ1) is 8.36. The predicted octanol–water partition coefficient (Wildman–Crippen LogP) is 4.03. The van der Waals surface area contributed by atoms with E-state index < -0.39 is 11.9 Å². The average Bonchev–Trinajstić information content (AvgIpc) is 2.28. The van der Waals surface area contributed by atoms with E-state index in [0.29, 0.717) is 18.2 Å². The number of nitrogens with one attached hydrogen (secondary N) is 1.